The van der Waals surface area contributed by atoms with E-state index in [1.54, 1.807) is 0 Å². The van der Waals surface area contributed by atoms with E-state index >= 15 is 0 Å². The van der Waals surface area contributed by atoms with Crippen molar-refractivity contribution >= 4 is 0 Å². The Morgan fingerprint density at radius 3 is 2.08 bits per heavy atom. The SMILES string of the molecule is CCC=CC=CC=CC=C(C)C. The van der Waals surface area contributed by atoms with Gasteiger partial charge in [-0.3, -0.25) is 0 Å². The second-order valence-corrected chi connectivity index (χ2v) is 2.85. The molecule has 0 fully saturated rings. The molecule has 0 spiro atoms. The van der Waals surface area contributed by atoms with Gasteiger partial charge < -0.3 is 0 Å². The van der Waals surface area contributed by atoms with Gasteiger partial charge in [0.15, 0.2) is 0 Å². The normalized spacial score (nSPS) is 11.9. The summed E-state index contributed by atoms with van der Waals surface area (Å²) < 4.78 is 0. The summed E-state index contributed by atoms with van der Waals surface area (Å²) in [5.74, 6) is 0. The Morgan fingerprint density at radius 1 is 0.917 bits per heavy atom. The molecule has 0 aromatic heterocycles. The maximum atomic E-state index is 2.13. The summed E-state index contributed by atoms with van der Waals surface area (Å²) in [7, 11) is 0. The Bertz CT molecular complexity index is 198. The number of allylic oxidation sites excluding steroid dienone is 8. The van der Waals surface area contributed by atoms with Gasteiger partial charge in [0.25, 0.3) is 0 Å². The van der Waals surface area contributed by atoms with E-state index in [4.69, 9.17) is 0 Å². The van der Waals surface area contributed by atoms with Gasteiger partial charge >= 0.3 is 0 Å². The minimum atomic E-state index is 1.10. The van der Waals surface area contributed by atoms with Crippen LogP contribution in [0.5, 0.6) is 0 Å². The van der Waals surface area contributed by atoms with Crippen molar-refractivity contribution in [1.29, 1.82) is 0 Å². The molecule has 0 aliphatic rings. The lowest BCUT2D eigenvalue weighted by molar-refractivity contribution is 1.22. The molecule has 0 saturated heterocycles. The molecule has 0 N–H and O–H groups in total. The molecule has 0 heterocycles. The van der Waals surface area contributed by atoms with Crippen LogP contribution in [-0.2, 0) is 0 Å². The fourth-order valence-corrected chi connectivity index (χ4v) is 0.655. The maximum Gasteiger partial charge on any atom is -0.0376 e. The smallest absolute Gasteiger partial charge is 0.0376 e. The van der Waals surface area contributed by atoms with E-state index in [-0.39, 0.29) is 0 Å². The highest BCUT2D eigenvalue weighted by atomic mass is 13.8. The molecule has 0 aromatic carbocycles. The number of rotatable bonds is 4. The van der Waals surface area contributed by atoms with Crippen LogP contribution >= 0.6 is 0 Å². The van der Waals surface area contributed by atoms with Crippen LogP contribution in [0.1, 0.15) is 27.2 Å². The Labute approximate surface area is 76.0 Å². The van der Waals surface area contributed by atoms with Gasteiger partial charge in [-0.1, -0.05) is 55.0 Å². The molecule has 0 bridgehead atoms. The third-order valence-corrected chi connectivity index (χ3v) is 1.25. The van der Waals surface area contributed by atoms with Crippen LogP contribution in [0.2, 0.25) is 0 Å². The van der Waals surface area contributed by atoms with E-state index in [2.05, 4.69) is 39.0 Å². The van der Waals surface area contributed by atoms with E-state index in [1.807, 2.05) is 24.3 Å². The first-order chi connectivity index (χ1) is 5.77. The van der Waals surface area contributed by atoms with E-state index in [0.717, 1.165) is 6.42 Å². The van der Waals surface area contributed by atoms with E-state index in [0.29, 0.717) is 0 Å². The maximum absolute atomic E-state index is 2.13. The van der Waals surface area contributed by atoms with Crippen molar-refractivity contribution < 1.29 is 0 Å². The van der Waals surface area contributed by atoms with Crippen LogP contribution < -0.4 is 0 Å². The van der Waals surface area contributed by atoms with Crippen molar-refractivity contribution in [3.8, 4) is 0 Å². The molecule has 0 aromatic rings. The quantitative estimate of drug-likeness (QED) is 0.547. The Kier molecular flexibility index (Phi) is 7.36. The molecule has 12 heavy (non-hydrogen) atoms. The van der Waals surface area contributed by atoms with Crippen LogP contribution in [0.25, 0.3) is 0 Å². The van der Waals surface area contributed by atoms with Crippen LogP contribution in [0.4, 0.5) is 0 Å². The van der Waals surface area contributed by atoms with Gasteiger partial charge in [0, 0.05) is 0 Å². The molecule has 0 saturated carbocycles. The highest BCUT2D eigenvalue weighted by Crippen LogP contribution is 1.89. The van der Waals surface area contributed by atoms with Crippen molar-refractivity contribution in [2.24, 2.45) is 0 Å². The first-order valence-electron chi connectivity index (χ1n) is 4.40. The summed E-state index contributed by atoms with van der Waals surface area (Å²) in [4.78, 5) is 0. The summed E-state index contributed by atoms with van der Waals surface area (Å²) in [5, 5.41) is 0. The monoisotopic (exact) mass is 162 g/mol. The van der Waals surface area contributed by atoms with Crippen molar-refractivity contribution in [3.05, 3.63) is 48.1 Å². The minimum absolute atomic E-state index is 1.10. The number of hydrogen-bond acceptors (Lipinski definition) is 0. The number of hydrogen-bond donors (Lipinski definition) is 0. The molecule has 0 heteroatoms. The van der Waals surface area contributed by atoms with Gasteiger partial charge in [0.05, 0.1) is 0 Å². The highest BCUT2D eigenvalue weighted by molar-refractivity contribution is 5.17. The topological polar surface area (TPSA) is 0 Å². The summed E-state index contributed by atoms with van der Waals surface area (Å²) in [6.45, 7) is 6.30. The van der Waals surface area contributed by atoms with E-state index in [1.165, 1.54) is 5.57 Å². The van der Waals surface area contributed by atoms with Crippen molar-refractivity contribution in [2.75, 3.05) is 0 Å². The van der Waals surface area contributed by atoms with Gasteiger partial charge in [-0.2, -0.15) is 0 Å². The van der Waals surface area contributed by atoms with Crippen LogP contribution in [-0.4, -0.2) is 0 Å². The third-order valence-electron chi connectivity index (χ3n) is 1.25. The molecule has 0 nitrogen and oxygen atoms in total. The lowest BCUT2D eigenvalue weighted by Gasteiger charge is -1.79. The predicted molar refractivity (Wildman–Crippen MR) is 57.1 cm³/mol. The average Bonchev–Trinajstić information content (AvgIpc) is 2.02. The standard InChI is InChI=1S/C12H18/c1-4-5-6-7-8-9-10-11-12(2)3/h5-11H,4H2,1-3H3. The summed E-state index contributed by atoms with van der Waals surface area (Å²) >= 11 is 0. The zero-order valence-electron chi connectivity index (χ0n) is 8.25. The van der Waals surface area contributed by atoms with Crippen molar-refractivity contribution in [3.63, 3.8) is 0 Å². The molecule has 0 rings (SSSR count). The molecular formula is C12H18. The first kappa shape index (κ1) is 11.0. The van der Waals surface area contributed by atoms with Gasteiger partial charge in [-0.25, -0.2) is 0 Å². The Hall–Kier alpha value is -1.04. The molecule has 0 aliphatic heterocycles. The molecule has 0 unspecified atom stereocenters. The second kappa shape index (κ2) is 8.06. The fourth-order valence-electron chi connectivity index (χ4n) is 0.655. The van der Waals surface area contributed by atoms with Crippen LogP contribution in [0.15, 0.2) is 48.1 Å². The zero-order valence-corrected chi connectivity index (χ0v) is 8.25. The molecule has 0 atom stereocenters. The predicted octanol–water partition coefficient (Wildman–Crippen LogP) is 4.03. The van der Waals surface area contributed by atoms with Crippen molar-refractivity contribution in [2.45, 2.75) is 27.2 Å². The largest absolute Gasteiger partial charge is 0.0848 e. The van der Waals surface area contributed by atoms with Gasteiger partial charge in [-0.15, -0.1) is 0 Å². The lowest BCUT2D eigenvalue weighted by atomic mass is 10.3. The van der Waals surface area contributed by atoms with Crippen molar-refractivity contribution in [1.82, 2.24) is 0 Å². The lowest BCUT2D eigenvalue weighted by Crippen LogP contribution is -1.58. The third kappa shape index (κ3) is 8.96. The molecule has 0 amide bonds. The van der Waals surface area contributed by atoms with Gasteiger partial charge in [0.1, 0.15) is 0 Å². The van der Waals surface area contributed by atoms with Gasteiger partial charge in [0.2, 0.25) is 0 Å². The van der Waals surface area contributed by atoms with E-state index < -0.39 is 0 Å². The highest BCUT2D eigenvalue weighted by Gasteiger charge is 1.68. The van der Waals surface area contributed by atoms with Gasteiger partial charge in [-0.05, 0) is 20.3 Å². The minimum Gasteiger partial charge on any atom is -0.0848 e. The molecule has 0 radical (unpaired) electrons. The fraction of sp³-hybridized carbons (Fsp3) is 0.333. The Balaban J connectivity index is 3.67. The summed E-state index contributed by atoms with van der Waals surface area (Å²) in [6.07, 6.45) is 15.5. The van der Waals surface area contributed by atoms with Crippen LogP contribution in [0, 0.1) is 0 Å². The van der Waals surface area contributed by atoms with E-state index in [9.17, 15) is 0 Å². The molecule has 66 valence electrons. The first-order valence-corrected chi connectivity index (χ1v) is 4.40. The Morgan fingerprint density at radius 2 is 1.50 bits per heavy atom. The summed E-state index contributed by atoms with van der Waals surface area (Å²) in [5.41, 5.74) is 1.32. The molecular weight excluding hydrogens is 144 g/mol. The van der Waals surface area contributed by atoms with Crippen LogP contribution in [0.3, 0.4) is 0 Å². The zero-order chi connectivity index (χ0) is 9.23. The summed E-state index contributed by atoms with van der Waals surface area (Å²) in [6, 6.07) is 0. The average molecular weight is 162 g/mol. The second-order valence-electron chi connectivity index (χ2n) is 2.85. The molecule has 0 aliphatic carbocycles.